The Morgan fingerprint density at radius 2 is 2.14 bits per heavy atom. The number of rotatable bonds is 3. The molecule has 0 saturated carbocycles. The predicted molar refractivity (Wildman–Crippen MR) is 56.3 cm³/mol. The lowest BCUT2D eigenvalue weighted by Crippen LogP contribution is -2.42. The molecule has 1 N–H and O–H groups in total. The second-order valence-electron chi connectivity index (χ2n) is 4.01. The van der Waals surface area contributed by atoms with Crippen LogP contribution in [0.5, 0.6) is 0 Å². The average Bonchev–Trinajstić information content (AvgIpc) is 2.27. The minimum Gasteiger partial charge on any atom is -0.396 e. The molecule has 0 radical (unpaired) electrons. The monoisotopic (exact) mass is 219 g/mol. The van der Waals surface area contributed by atoms with Crippen LogP contribution in [0, 0.1) is 11.8 Å². The normalized spacial score (nSPS) is 20.9. The maximum atomic E-state index is 11.7. The van der Waals surface area contributed by atoms with Crippen molar-refractivity contribution < 1.29 is 9.90 Å². The van der Waals surface area contributed by atoms with Crippen molar-refractivity contribution in [1.82, 2.24) is 4.90 Å². The zero-order chi connectivity index (χ0) is 10.6. The quantitative estimate of drug-likeness (QED) is 0.722. The van der Waals surface area contributed by atoms with Crippen molar-refractivity contribution in [1.29, 1.82) is 0 Å². The molecular formula is C10H18ClNO2. The number of carbonyl (C=O) groups is 1. The van der Waals surface area contributed by atoms with E-state index in [2.05, 4.69) is 0 Å². The van der Waals surface area contributed by atoms with Crippen molar-refractivity contribution in [3.63, 3.8) is 0 Å². The number of likely N-dealkylation sites (tertiary alicyclic amines) is 1. The number of piperidine rings is 1. The molecule has 1 fully saturated rings. The summed E-state index contributed by atoms with van der Waals surface area (Å²) in [6.07, 6.45) is 1.83. The minimum absolute atomic E-state index is 0.0812. The fourth-order valence-corrected chi connectivity index (χ4v) is 1.85. The predicted octanol–water partition coefficient (Wildman–Crippen LogP) is 1.09. The molecule has 1 heterocycles. The van der Waals surface area contributed by atoms with Crippen molar-refractivity contribution in [3.05, 3.63) is 0 Å². The molecule has 0 aromatic carbocycles. The fraction of sp³-hybridized carbons (Fsp3) is 0.900. The molecular weight excluding hydrogens is 202 g/mol. The van der Waals surface area contributed by atoms with Gasteiger partial charge in [0, 0.05) is 31.5 Å². The third-order valence-corrected chi connectivity index (χ3v) is 3.30. The summed E-state index contributed by atoms with van der Waals surface area (Å²) in [5.74, 6) is 0.836. The van der Waals surface area contributed by atoms with Crippen molar-refractivity contribution in [3.8, 4) is 0 Å². The first-order valence-electron chi connectivity index (χ1n) is 5.14. The van der Waals surface area contributed by atoms with E-state index in [1.54, 1.807) is 0 Å². The highest BCUT2D eigenvalue weighted by Crippen LogP contribution is 2.18. The van der Waals surface area contributed by atoms with Gasteiger partial charge in [0.25, 0.3) is 0 Å². The van der Waals surface area contributed by atoms with Crippen LogP contribution in [0.4, 0.5) is 0 Å². The Hall–Kier alpha value is -0.280. The molecule has 4 heteroatoms. The first-order valence-corrected chi connectivity index (χ1v) is 5.68. The summed E-state index contributed by atoms with van der Waals surface area (Å²) in [6, 6.07) is 0. The average molecular weight is 220 g/mol. The van der Waals surface area contributed by atoms with Crippen LogP contribution in [0.2, 0.25) is 0 Å². The topological polar surface area (TPSA) is 40.5 Å². The van der Waals surface area contributed by atoms with Crippen LogP contribution in [0.1, 0.15) is 19.8 Å². The highest BCUT2D eigenvalue weighted by Gasteiger charge is 2.24. The van der Waals surface area contributed by atoms with Crippen LogP contribution in [-0.2, 0) is 4.79 Å². The lowest BCUT2D eigenvalue weighted by atomic mass is 9.97. The van der Waals surface area contributed by atoms with E-state index in [1.807, 2.05) is 11.8 Å². The summed E-state index contributed by atoms with van der Waals surface area (Å²) < 4.78 is 0. The molecule has 14 heavy (non-hydrogen) atoms. The molecule has 1 unspecified atom stereocenters. The Balaban J connectivity index is 2.37. The van der Waals surface area contributed by atoms with Gasteiger partial charge in [0.1, 0.15) is 0 Å². The molecule has 1 amide bonds. The Labute approximate surface area is 90.0 Å². The Kier molecular flexibility index (Phi) is 4.69. The van der Waals surface area contributed by atoms with Crippen molar-refractivity contribution in [2.45, 2.75) is 19.8 Å². The summed E-state index contributed by atoms with van der Waals surface area (Å²) in [5.41, 5.74) is 0. The molecule has 3 nitrogen and oxygen atoms in total. The number of hydrogen-bond donors (Lipinski definition) is 1. The molecule has 1 aliphatic heterocycles. The number of amides is 1. The standard InChI is InChI=1S/C10H18ClNO2/c1-8(6-11)10(14)12-4-2-9(7-13)3-5-12/h8-9,13H,2-7H2,1H3. The molecule has 0 spiro atoms. The smallest absolute Gasteiger partial charge is 0.226 e. The van der Waals surface area contributed by atoms with Crippen molar-refractivity contribution >= 4 is 17.5 Å². The van der Waals surface area contributed by atoms with Gasteiger partial charge in [0.05, 0.1) is 0 Å². The van der Waals surface area contributed by atoms with Crippen molar-refractivity contribution in [2.75, 3.05) is 25.6 Å². The molecule has 1 saturated heterocycles. The van der Waals surface area contributed by atoms with Gasteiger partial charge in [-0.05, 0) is 18.8 Å². The lowest BCUT2D eigenvalue weighted by Gasteiger charge is -2.32. The van der Waals surface area contributed by atoms with Gasteiger partial charge in [-0.3, -0.25) is 4.79 Å². The molecule has 82 valence electrons. The molecule has 0 aromatic rings. The van der Waals surface area contributed by atoms with E-state index in [1.165, 1.54) is 0 Å². The first kappa shape index (κ1) is 11.8. The van der Waals surface area contributed by atoms with Gasteiger partial charge >= 0.3 is 0 Å². The second kappa shape index (κ2) is 5.56. The number of hydrogen-bond acceptors (Lipinski definition) is 2. The second-order valence-corrected chi connectivity index (χ2v) is 4.32. The highest BCUT2D eigenvalue weighted by atomic mass is 35.5. The van der Waals surface area contributed by atoms with Gasteiger partial charge in [-0.2, -0.15) is 0 Å². The van der Waals surface area contributed by atoms with E-state index in [-0.39, 0.29) is 18.4 Å². The summed E-state index contributed by atoms with van der Waals surface area (Å²) in [6.45, 7) is 3.64. The number of aliphatic hydroxyl groups excluding tert-OH is 1. The molecule has 0 bridgehead atoms. The number of alkyl halides is 1. The lowest BCUT2D eigenvalue weighted by molar-refractivity contribution is -0.135. The largest absolute Gasteiger partial charge is 0.396 e. The van der Waals surface area contributed by atoms with Gasteiger partial charge in [-0.25, -0.2) is 0 Å². The van der Waals surface area contributed by atoms with Gasteiger partial charge in [0.2, 0.25) is 5.91 Å². The van der Waals surface area contributed by atoms with Crippen LogP contribution in [0.3, 0.4) is 0 Å². The summed E-state index contributed by atoms with van der Waals surface area (Å²) >= 11 is 5.63. The Morgan fingerprint density at radius 3 is 2.57 bits per heavy atom. The van der Waals surface area contributed by atoms with E-state index < -0.39 is 0 Å². The molecule has 1 rings (SSSR count). The third-order valence-electron chi connectivity index (χ3n) is 2.84. The Morgan fingerprint density at radius 1 is 1.57 bits per heavy atom. The number of nitrogens with zero attached hydrogens (tertiary/aromatic N) is 1. The van der Waals surface area contributed by atoms with Gasteiger partial charge < -0.3 is 10.0 Å². The zero-order valence-corrected chi connectivity index (χ0v) is 9.33. The minimum atomic E-state index is -0.0812. The number of aliphatic hydroxyl groups is 1. The van der Waals surface area contributed by atoms with E-state index >= 15 is 0 Å². The molecule has 0 aliphatic carbocycles. The zero-order valence-electron chi connectivity index (χ0n) is 8.58. The summed E-state index contributed by atoms with van der Waals surface area (Å²) in [5, 5.41) is 8.95. The van der Waals surface area contributed by atoms with E-state index in [4.69, 9.17) is 16.7 Å². The molecule has 1 aliphatic rings. The van der Waals surface area contributed by atoms with Crippen LogP contribution in [-0.4, -0.2) is 41.5 Å². The number of halogens is 1. The Bertz CT molecular complexity index is 191. The van der Waals surface area contributed by atoms with Gasteiger partial charge in [0.15, 0.2) is 0 Å². The van der Waals surface area contributed by atoms with Gasteiger partial charge in [-0.1, -0.05) is 6.92 Å². The number of carbonyl (C=O) groups excluding carboxylic acids is 1. The van der Waals surface area contributed by atoms with E-state index in [9.17, 15) is 4.79 Å². The summed E-state index contributed by atoms with van der Waals surface area (Å²) in [4.78, 5) is 13.6. The van der Waals surface area contributed by atoms with Crippen molar-refractivity contribution in [2.24, 2.45) is 11.8 Å². The van der Waals surface area contributed by atoms with Crippen LogP contribution in [0.25, 0.3) is 0 Å². The third kappa shape index (κ3) is 2.85. The molecule has 1 atom stereocenters. The summed E-state index contributed by atoms with van der Waals surface area (Å²) in [7, 11) is 0. The maximum absolute atomic E-state index is 11.7. The first-order chi connectivity index (χ1) is 6.69. The molecule has 0 aromatic heterocycles. The van der Waals surface area contributed by atoms with E-state index in [0.29, 0.717) is 11.8 Å². The fourth-order valence-electron chi connectivity index (χ4n) is 1.71. The highest BCUT2D eigenvalue weighted by molar-refractivity contribution is 6.19. The van der Waals surface area contributed by atoms with Crippen LogP contribution < -0.4 is 0 Å². The van der Waals surface area contributed by atoms with Crippen LogP contribution >= 0.6 is 11.6 Å². The van der Waals surface area contributed by atoms with Crippen LogP contribution in [0.15, 0.2) is 0 Å². The maximum Gasteiger partial charge on any atom is 0.226 e. The SMILES string of the molecule is CC(CCl)C(=O)N1CCC(CO)CC1. The van der Waals surface area contributed by atoms with Gasteiger partial charge in [-0.15, -0.1) is 11.6 Å². The van der Waals surface area contributed by atoms with E-state index in [0.717, 1.165) is 25.9 Å².